The van der Waals surface area contributed by atoms with Crippen molar-refractivity contribution in [2.24, 2.45) is 0 Å². The first kappa shape index (κ1) is 16.4. The zero-order valence-electron chi connectivity index (χ0n) is 12.3. The number of benzene rings is 1. The van der Waals surface area contributed by atoms with Gasteiger partial charge in [0.1, 0.15) is 5.82 Å². The maximum absolute atomic E-state index is 13.6. The second-order valence-electron chi connectivity index (χ2n) is 5.51. The van der Waals surface area contributed by atoms with Crippen molar-refractivity contribution in [2.45, 2.75) is 18.6 Å². The van der Waals surface area contributed by atoms with Gasteiger partial charge < -0.3 is 15.1 Å². The van der Waals surface area contributed by atoms with Crippen molar-refractivity contribution >= 4 is 11.9 Å². The van der Waals surface area contributed by atoms with Gasteiger partial charge in [-0.05, 0) is 18.7 Å². The Kier molecular flexibility index (Phi) is 5.10. The number of aliphatic hydroxyl groups excluding tert-OH is 1. The van der Waals surface area contributed by atoms with Gasteiger partial charge in [0.15, 0.2) is 0 Å². The van der Waals surface area contributed by atoms with Crippen LogP contribution in [0.2, 0.25) is 0 Å². The Morgan fingerprint density at radius 3 is 2.68 bits per heavy atom. The quantitative estimate of drug-likeness (QED) is 0.797. The van der Waals surface area contributed by atoms with Gasteiger partial charge >= 0.3 is 5.97 Å². The maximum atomic E-state index is 13.6. The van der Waals surface area contributed by atoms with Crippen LogP contribution in [0.15, 0.2) is 24.3 Å². The van der Waals surface area contributed by atoms with Gasteiger partial charge in [-0.15, -0.1) is 0 Å². The van der Waals surface area contributed by atoms with E-state index in [1.165, 1.54) is 15.9 Å². The number of β-amino-alcohol motifs (C(OH)–C–C–N with tert-alkyl or cyclic N) is 1. The second-order valence-corrected chi connectivity index (χ2v) is 5.51. The van der Waals surface area contributed by atoms with Crippen LogP contribution in [0, 0.1) is 5.82 Å². The number of amides is 1. The van der Waals surface area contributed by atoms with E-state index < -0.39 is 23.9 Å². The van der Waals surface area contributed by atoms with Gasteiger partial charge in [-0.25, -0.2) is 4.39 Å². The molecule has 1 aromatic carbocycles. The molecule has 120 valence electrons. The highest BCUT2D eigenvalue weighted by Gasteiger charge is 2.36. The summed E-state index contributed by atoms with van der Waals surface area (Å²) in [5, 5.41) is 18.8. The Balaban J connectivity index is 1.98. The Hall–Kier alpha value is -1.99. The number of rotatable bonds is 5. The molecule has 1 heterocycles. The highest BCUT2D eigenvalue weighted by Crippen LogP contribution is 2.17. The molecule has 1 unspecified atom stereocenters. The molecule has 22 heavy (non-hydrogen) atoms. The standard InChI is InChI=1S/C15H19FN2O4/c1-17(9-15(21)22)12-7-18(8-13(12)19)14(20)6-10-4-2-3-5-11(10)16/h2-5,12-13,19H,6-9H2,1H3,(H,21,22)/t12?,13-/m1/s1. The van der Waals surface area contributed by atoms with Crippen molar-refractivity contribution in [2.75, 3.05) is 26.7 Å². The van der Waals surface area contributed by atoms with Crippen LogP contribution in [0.25, 0.3) is 0 Å². The monoisotopic (exact) mass is 310 g/mol. The average molecular weight is 310 g/mol. The Morgan fingerprint density at radius 1 is 1.36 bits per heavy atom. The Bertz CT molecular complexity index is 566. The van der Waals surface area contributed by atoms with Crippen LogP contribution >= 0.6 is 0 Å². The van der Waals surface area contributed by atoms with Gasteiger partial charge in [0.05, 0.1) is 25.1 Å². The Morgan fingerprint density at radius 2 is 2.05 bits per heavy atom. The molecule has 0 aromatic heterocycles. The van der Waals surface area contributed by atoms with E-state index in [9.17, 15) is 19.1 Å². The number of halogens is 1. The third-order valence-electron chi connectivity index (χ3n) is 3.86. The molecular formula is C15H19FN2O4. The largest absolute Gasteiger partial charge is 0.480 e. The number of nitrogens with zero attached hydrogens (tertiary/aromatic N) is 2. The fourth-order valence-electron chi connectivity index (χ4n) is 2.65. The molecule has 2 atom stereocenters. The molecule has 0 radical (unpaired) electrons. The van der Waals surface area contributed by atoms with Gasteiger partial charge in [0.25, 0.3) is 0 Å². The lowest BCUT2D eigenvalue weighted by atomic mass is 10.1. The van der Waals surface area contributed by atoms with Gasteiger partial charge in [-0.2, -0.15) is 0 Å². The summed E-state index contributed by atoms with van der Waals surface area (Å²) in [7, 11) is 1.59. The average Bonchev–Trinajstić information content (AvgIpc) is 2.83. The number of hydrogen-bond acceptors (Lipinski definition) is 4. The van der Waals surface area contributed by atoms with Crippen LogP contribution in [0.3, 0.4) is 0 Å². The molecule has 1 fully saturated rings. The Labute approximate surface area is 127 Å². The molecular weight excluding hydrogens is 291 g/mol. The van der Waals surface area contributed by atoms with Crippen molar-refractivity contribution < 1.29 is 24.2 Å². The molecule has 2 rings (SSSR count). The number of carbonyl (C=O) groups is 2. The number of hydrogen-bond donors (Lipinski definition) is 2. The summed E-state index contributed by atoms with van der Waals surface area (Å²) in [6.07, 6.45) is -0.886. The number of likely N-dealkylation sites (N-methyl/N-ethyl adjacent to an activating group) is 1. The zero-order valence-corrected chi connectivity index (χ0v) is 12.3. The molecule has 0 saturated carbocycles. The highest BCUT2D eigenvalue weighted by molar-refractivity contribution is 5.79. The van der Waals surface area contributed by atoms with Crippen LogP contribution in [-0.2, 0) is 16.0 Å². The van der Waals surface area contributed by atoms with Crippen molar-refractivity contribution in [3.63, 3.8) is 0 Å². The third kappa shape index (κ3) is 3.80. The SMILES string of the molecule is CN(CC(=O)O)C1CN(C(=O)Cc2ccccc2F)C[C@H]1O. The minimum atomic E-state index is -0.995. The number of aliphatic carboxylic acids is 1. The van der Waals surface area contributed by atoms with E-state index in [2.05, 4.69) is 0 Å². The summed E-state index contributed by atoms with van der Waals surface area (Å²) >= 11 is 0. The molecule has 1 aromatic rings. The van der Waals surface area contributed by atoms with Crippen LogP contribution < -0.4 is 0 Å². The molecule has 0 spiro atoms. The molecule has 1 aliphatic rings. The second kappa shape index (κ2) is 6.85. The summed E-state index contributed by atoms with van der Waals surface area (Å²) in [5.74, 6) is -1.71. The predicted octanol–water partition coefficient (Wildman–Crippen LogP) is -0.0437. The van der Waals surface area contributed by atoms with E-state index in [1.807, 2.05) is 0 Å². The van der Waals surface area contributed by atoms with Gasteiger partial charge in [-0.1, -0.05) is 18.2 Å². The molecule has 2 N–H and O–H groups in total. The van der Waals surface area contributed by atoms with E-state index in [1.54, 1.807) is 25.2 Å². The molecule has 7 heteroatoms. The topological polar surface area (TPSA) is 81.1 Å². The van der Waals surface area contributed by atoms with E-state index >= 15 is 0 Å². The number of aliphatic hydroxyl groups is 1. The molecule has 0 bridgehead atoms. The normalized spacial score (nSPS) is 21.4. The van der Waals surface area contributed by atoms with Crippen LogP contribution in [0.4, 0.5) is 4.39 Å². The molecule has 1 saturated heterocycles. The highest BCUT2D eigenvalue weighted by atomic mass is 19.1. The fraction of sp³-hybridized carbons (Fsp3) is 0.467. The smallest absolute Gasteiger partial charge is 0.317 e. The maximum Gasteiger partial charge on any atom is 0.317 e. The summed E-state index contributed by atoms with van der Waals surface area (Å²) in [4.78, 5) is 25.9. The van der Waals surface area contributed by atoms with Crippen LogP contribution in [0.1, 0.15) is 5.56 Å². The first-order valence-electron chi connectivity index (χ1n) is 6.99. The first-order valence-corrected chi connectivity index (χ1v) is 6.99. The number of carbonyl (C=O) groups excluding carboxylic acids is 1. The van der Waals surface area contributed by atoms with E-state index in [0.29, 0.717) is 5.56 Å². The lowest BCUT2D eigenvalue weighted by Gasteiger charge is -2.24. The first-order chi connectivity index (χ1) is 10.4. The minimum absolute atomic E-state index is 0.0746. The van der Waals surface area contributed by atoms with Crippen molar-refractivity contribution in [3.05, 3.63) is 35.6 Å². The van der Waals surface area contributed by atoms with Gasteiger partial charge in [0, 0.05) is 13.1 Å². The lowest BCUT2D eigenvalue weighted by Crippen LogP contribution is -2.43. The minimum Gasteiger partial charge on any atom is -0.480 e. The van der Waals surface area contributed by atoms with Crippen LogP contribution in [0.5, 0.6) is 0 Å². The van der Waals surface area contributed by atoms with Crippen molar-refractivity contribution in [1.82, 2.24) is 9.80 Å². The van der Waals surface area contributed by atoms with Crippen molar-refractivity contribution in [1.29, 1.82) is 0 Å². The molecule has 1 aliphatic heterocycles. The van der Waals surface area contributed by atoms with E-state index in [-0.39, 0.29) is 32.0 Å². The van der Waals surface area contributed by atoms with E-state index in [0.717, 1.165) is 0 Å². The van der Waals surface area contributed by atoms with Gasteiger partial charge in [-0.3, -0.25) is 14.5 Å². The van der Waals surface area contributed by atoms with Crippen LogP contribution in [-0.4, -0.2) is 70.7 Å². The number of carboxylic acid groups (broad SMARTS) is 1. The number of likely N-dealkylation sites (tertiary alicyclic amines) is 1. The zero-order chi connectivity index (χ0) is 16.3. The van der Waals surface area contributed by atoms with Gasteiger partial charge in [0.2, 0.25) is 5.91 Å². The van der Waals surface area contributed by atoms with E-state index in [4.69, 9.17) is 5.11 Å². The van der Waals surface area contributed by atoms with Crippen molar-refractivity contribution in [3.8, 4) is 0 Å². The summed E-state index contributed by atoms with van der Waals surface area (Å²) in [6.45, 7) is 0.150. The summed E-state index contributed by atoms with van der Waals surface area (Å²) < 4.78 is 13.6. The lowest BCUT2D eigenvalue weighted by molar-refractivity contribution is -0.138. The summed E-state index contributed by atoms with van der Waals surface area (Å²) in [5.41, 5.74) is 0.310. The predicted molar refractivity (Wildman–Crippen MR) is 76.7 cm³/mol. The molecule has 6 nitrogen and oxygen atoms in total. The molecule has 0 aliphatic carbocycles. The number of carboxylic acids is 1. The molecule has 1 amide bonds. The summed E-state index contributed by atoms with van der Waals surface area (Å²) in [6, 6.07) is 5.63. The fourth-order valence-corrected chi connectivity index (χ4v) is 2.65. The third-order valence-corrected chi connectivity index (χ3v) is 3.86.